The zero-order valence-electron chi connectivity index (χ0n) is 14.7. The number of rotatable bonds is 7. The molecule has 1 unspecified atom stereocenters. The number of anilines is 1. The first-order valence-corrected chi connectivity index (χ1v) is 9.12. The molecule has 6 nitrogen and oxygen atoms in total. The monoisotopic (exact) mass is 385 g/mol. The van der Waals surface area contributed by atoms with Crippen LogP contribution in [0.2, 0.25) is 5.02 Å². The van der Waals surface area contributed by atoms with E-state index >= 15 is 0 Å². The number of hydrogen-bond acceptors (Lipinski definition) is 3. The van der Waals surface area contributed by atoms with Crippen LogP contribution in [0.5, 0.6) is 0 Å². The lowest BCUT2D eigenvalue weighted by atomic mass is 10.1. The molecule has 0 spiro atoms. The molecule has 0 saturated carbocycles. The second-order valence-electron chi connectivity index (χ2n) is 6.32. The molecule has 27 heavy (non-hydrogen) atoms. The van der Waals surface area contributed by atoms with E-state index in [-0.39, 0.29) is 24.7 Å². The van der Waals surface area contributed by atoms with Gasteiger partial charge in [-0.2, -0.15) is 0 Å². The van der Waals surface area contributed by atoms with Crippen molar-refractivity contribution in [1.82, 2.24) is 10.2 Å². The zero-order chi connectivity index (χ0) is 19.2. The maximum Gasteiger partial charge on any atom is 0.324 e. The average Bonchev–Trinajstić information content (AvgIpc) is 2.94. The third kappa shape index (κ3) is 5.08. The van der Waals surface area contributed by atoms with Gasteiger partial charge in [0.15, 0.2) is 0 Å². The lowest BCUT2D eigenvalue weighted by molar-refractivity contribution is -0.127. The van der Waals surface area contributed by atoms with Gasteiger partial charge in [0.25, 0.3) is 5.91 Å². The van der Waals surface area contributed by atoms with Gasteiger partial charge in [-0.15, -0.1) is 0 Å². The highest BCUT2D eigenvalue weighted by Crippen LogP contribution is 2.16. The maximum absolute atomic E-state index is 12.4. The van der Waals surface area contributed by atoms with Crippen LogP contribution in [0, 0.1) is 0 Å². The van der Waals surface area contributed by atoms with Crippen LogP contribution in [-0.2, 0) is 16.0 Å². The summed E-state index contributed by atoms with van der Waals surface area (Å²) in [6.07, 6.45) is 0.988. The van der Waals surface area contributed by atoms with Gasteiger partial charge in [-0.25, -0.2) is 4.79 Å². The van der Waals surface area contributed by atoms with Crippen molar-refractivity contribution in [3.05, 3.63) is 65.2 Å². The number of benzene rings is 2. The zero-order valence-corrected chi connectivity index (χ0v) is 15.4. The molecule has 2 aromatic carbocycles. The van der Waals surface area contributed by atoms with E-state index in [1.165, 1.54) is 4.90 Å². The van der Waals surface area contributed by atoms with Gasteiger partial charge < -0.3 is 10.6 Å². The smallest absolute Gasteiger partial charge is 0.324 e. The Morgan fingerprint density at radius 1 is 1.07 bits per heavy atom. The van der Waals surface area contributed by atoms with E-state index in [4.69, 9.17) is 11.6 Å². The lowest BCUT2D eigenvalue weighted by Crippen LogP contribution is -2.33. The first-order chi connectivity index (χ1) is 13.0. The number of imide groups is 1. The van der Waals surface area contributed by atoms with Crippen LogP contribution < -0.4 is 10.6 Å². The van der Waals surface area contributed by atoms with E-state index < -0.39 is 12.1 Å². The second-order valence-corrected chi connectivity index (χ2v) is 6.76. The Labute approximate surface area is 162 Å². The van der Waals surface area contributed by atoms with Gasteiger partial charge in [-0.05, 0) is 42.7 Å². The molecule has 2 N–H and O–H groups in total. The highest BCUT2D eigenvalue weighted by atomic mass is 35.5. The minimum absolute atomic E-state index is 0.131. The normalized spacial score (nSPS) is 16.3. The van der Waals surface area contributed by atoms with Crippen LogP contribution in [0.15, 0.2) is 54.6 Å². The van der Waals surface area contributed by atoms with Crippen LogP contribution in [0.25, 0.3) is 0 Å². The van der Waals surface area contributed by atoms with Crippen molar-refractivity contribution in [2.45, 2.75) is 25.3 Å². The van der Waals surface area contributed by atoms with Gasteiger partial charge in [0, 0.05) is 23.7 Å². The highest BCUT2D eigenvalue weighted by molar-refractivity contribution is 6.30. The van der Waals surface area contributed by atoms with Gasteiger partial charge in [-0.3, -0.25) is 14.5 Å². The fourth-order valence-electron chi connectivity index (χ4n) is 2.90. The van der Waals surface area contributed by atoms with Crippen LogP contribution in [0.1, 0.15) is 18.4 Å². The first-order valence-electron chi connectivity index (χ1n) is 8.74. The number of nitrogens with one attached hydrogen (secondary N) is 2. The Morgan fingerprint density at radius 3 is 2.48 bits per heavy atom. The van der Waals surface area contributed by atoms with Crippen molar-refractivity contribution in [1.29, 1.82) is 0 Å². The minimum Gasteiger partial charge on any atom is -0.326 e. The summed E-state index contributed by atoms with van der Waals surface area (Å²) in [5.41, 5.74) is 1.69. The van der Waals surface area contributed by atoms with Crippen LogP contribution in [-0.4, -0.2) is 35.3 Å². The number of nitrogens with zero attached hydrogens (tertiary/aromatic N) is 1. The maximum atomic E-state index is 12.4. The molecule has 1 aliphatic heterocycles. The Hall–Kier alpha value is -2.86. The SMILES string of the molecule is O=C(CCC1NC(=O)N(CCc2ccccc2)C1=O)Nc1ccc(Cl)cc1. The van der Waals surface area contributed by atoms with Crippen molar-refractivity contribution in [3.8, 4) is 0 Å². The van der Waals surface area contributed by atoms with Gasteiger partial charge in [-0.1, -0.05) is 41.9 Å². The summed E-state index contributed by atoms with van der Waals surface area (Å²) in [6.45, 7) is 0.322. The van der Waals surface area contributed by atoms with Crippen molar-refractivity contribution in [2.75, 3.05) is 11.9 Å². The topological polar surface area (TPSA) is 78.5 Å². The number of amides is 4. The summed E-state index contributed by atoms with van der Waals surface area (Å²) in [5, 5.41) is 5.98. The Bertz CT molecular complexity index is 824. The highest BCUT2D eigenvalue weighted by Gasteiger charge is 2.37. The van der Waals surface area contributed by atoms with E-state index in [2.05, 4.69) is 10.6 Å². The molecule has 1 aliphatic rings. The molecular weight excluding hydrogens is 366 g/mol. The van der Waals surface area contributed by atoms with E-state index in [0.717, 1.165) is 5.56 Å². The first kappa shape index (κ1) is 18.9. The molecule has 1 fully saturated rings. The molecule has 0 radical (unpaired) electrons. The van der Waals surface area contributed by atoms with E-state index in [9.17, 15) is 14.4 Å². The molecule has 0 bridgehead atoms. The van der Waals surface area contributed by atoms with E-state index in [1.807, 2.05) is 30.3 Å². The molecule has 0 aromatic heterocycles. The number of hydrogen-bond donors (Lipinski definition) is 2. The van der Waals surface area contributed by atoms with Gasteiger partial charge in [0.1, 0.15) is 6.04 Å². The van der Waals surface area contributed by atoms with E-state index in [0.29, 0.717) is 23.7 Å². The summed E-state index contributed by atoms with van der Waals surface area (Å²) in [4.78, 5) is 37.8. The van der Waals surface area contributed by atoms with Crippen molar-refractivity contribution < 1.29 is 14.4 Å². The molecule has 1 saturated heterocycles. The Kier molecular flexibility index (Phi) is 6.08. The van der Waals surface area contributed by atoms with Gasteiger partial charge >= 0.3 is 6.03 Å². The standard InChI is InChI=1S/C20H20ClN3O3/c21-15-6-8-16(9-7-15)22-18(25)11-10-17-19(26)24(20(27)23-17)13-12-14-4-2-1-3-5-14/h1-9,17H,10-13H2,(H,22,25)(H,23,27). The number of urea groups is 1. The third-order valence-electron chi connectivity index (χ3n) is 4.36. The quantitative estimate of drug-likeness (QED) is 0.718. The van der Waals surface area contributed by atoms with Crippen molar-refractivity contribution >= 4 is 35.1 Å². The minimum atomic E-state index is -0.663. The molecule has 1 atom stereocenters. The van der Waals surface area contributed by atoms with Gasteiger partial charge in [0.05, 0.1) is 0 Å². The number of carbonyl (C=O) groups is 3. The largest absolute Gasteiger partial charge is 0.326 e. The Balaban J connectivity index is 1.48. The van der Waals surface area contributed by atoms with Gasteiger partial charge in [0.2, 0.25) is 5.91 Å². The lowest BCUT2D eigenvalue weighted by Gasteiger charge is -2.13. The summed E-state index contributed by atoms with van der Waals surface area (Å²) >= 11 is 5.81. The molecule has 1 heterocycles. The summed E-state index contributed by atoms with van der Waals surface area (Å²) in [5.74, 6) is -0.502. The summed E-state index contributed by atoms with van der Waals surface area (Å²) < 4.78 is 0. The summed E-state index contributed by atoms with van der Waals surface area (Å²) in [7, 11) is 0. The van der Waals surface area contributed by atoms with Crippen molar-refractivity contribution in [3.63, 3.8) is 0 Å². The molecule has 2 aromatic rings. The fourth-order valence-corrected chi connectivity index (χ4v) is 3.03. The predicted molar refractivity (Wildman–Crippen MR) is 103 cm³/mol. The molecule has 3 rings (SSSR count). The molecule has 140 valence electrons. The second kappa shape index (κ2) is 8.68. The Morgan fingerprint density at radius 2 is 1.78 bits per heavy atom. The number of carbonyl (C=O) groups excluding carboxylic acids is 3. The molecule has 4 amide bonds. The molecule has 7 heteroatoms. The summed E-state index contributed by atoms with van der Waals surface area (Å²) in [6, 6.07) is 15.4. The predicted octanol–water partition coefficient (Wildman–Crippen LogP) is 3.22. The fraction of sp³-hybridized carbons (Fsp3) is 0.250. The average molecular weight is 386 g/mol. The molecule has 0 aliphatic carbocycles. The van der Waals surface area contributed by atoms with Crippen LogP contribution in [0.3, 0.4) is 0 Å². The molecular formula is C20H20ClN3O3. The van der Waals surface area contributed by atoms with Crippen molar-refractivity contribution in [2.24, 2.45) is 0 Å². The number of halogens is 1. The van der Waals surface area contributed by atoms with E-state index in [1.54, 1.807) is 24.3 Å². The third-order valence-corrected chi connectivity index (χ3v) is 4.61. The van der Waals surface area contributed by atoms with Crippen LogP contribution in [0.4, 0.5) is 10.5 Å². The van der Waals surface area contributed by atoms with Crippen LogP contribution >= 0.6 is 11.6 Å².